The van der Waals surface area contributed by atoms with Crippen LogP contribution in [0.5, 0.6) is 5.75 Å². The molecular formula is C17H29NO2. The fraction of sp³-hybridized carbons (Fsp3) is 0.647. The molecule has 0 fully saturated rings. The molecule has 0 amide bonds. The van der Waals surface area contributed by atoms with Gasteiger partial charge in [0.15, 0.2) is 0 Å². The Morgan fingerprint density at radius 3 is 2.25 bits per heavy atom. The fourth-order valence-electron chi connectivity index (χ4n) is 2.51. The second kappa shape index (κ2) is 8.98. The lowest BCUT2D eigenvalue weighted by Gasteiger charge is -2.23. The van der Waals surface area contributed by atoms with Crippen LogP contribution in [0.2, 0.25) is 0 Å². The minimum atomic E-state index is -0.247. The van der Waals surface area contributed by atoms with Gasteiger partial charge in [0, 0.05) is 12.6 Å². The molecule has 0 bridgehead atoms. The molecule has 1 aromatic rings. The van der Waals surface area contributed by atoms with Gasteiger partial charge in [-0.15, -0.1) is 0 Å². The predicted molar refractivity (Wildman–Crippen MR) is 84.2 cm³/mol. The van der Waals surface area contributed by atoms with Crippen LogP contribution in [0.25, 0.3) is 0 Å². The number of benzene rings is 1. The van der Waals surface area contributed by atoms with Crippen LogP contribution < -0.4 is 10.1 Å². The topological polar surface area (TPSA) is 41.5 Å². The minimum absolute atomic E-state index is 0.247. The van der Waals surface area contributed by atoms with Crippen molar-refractivity contribution < 1.29 is 9.84 Å². The molecule has 0 heterocycles. The molecule has 3 heteroatoms. The molecule has 0 radical (unpaired) electrons. The van der Waals surface area contributed by atoms with Crippen LogP contribution >= 0.6 is 0 Å². The summed E-state index contributed by atoms with van der Waals surface area (Å²) in [6.07, 6.45) is 2.78. The van der Waals surface area contributed by atoms with E-state index in [1.807, 2.05) is 12.1 Å². The number of methoxy groups -OCH3 is 1. The molecule has 20 heavy (non-hydrogen) atoms. The van der Waals surface area contributed by atoms with Crippen LogP contribution in [0.4, 0.5) is 0 Å². The summed E-state index contributed by atoms with van der Waals surface area (Å²) in [4.78, 5) is 0. The molecule has 114 valence electrons. The van der Waals surface area contributed by atoms with Gasteiger partial charge in [0.25, 0.3) is 0 Å². The van der Waals surface area contributed by atoms with Gasteiger partial charge >= 0.3 is 0 Å². The smallest absolute Gasteiger partial charge is 0.118 e. The summed E-state index contributed by atoms with van der Waals surface area (Å²) in [6.45, 7) is 7.10. The molecule has 2 atom stereocenters. The Labute approximate surface area is 123 Å². The molecule has 0 spiro atoms. The molecule has 1 rings (SSSR count). The monoisotopic (exact) mass is 279 g/mol. The molecule has 0 saturated heterocycles. The highest BCUT2D eigenvalue weighted by Gasteiger charge is 2.16. The molecule has 0 aliphatic carbocycles. The summed E-state index contributed by atoms with van der Waals surface area (Å²) in [6, 6.07) is 8.51. The highest BCUT2D eigenvalue weighted by Crippen LogP contribution is 2.14. The number of aliphatic hydroxyl groups is 1. The van der Waals surface area contributed by atoms with Gasteiger partial charge in [0.05, 0.1) is 13.2 Å². The van der Waals surface area contributed by atoms with Gasteiger partial charge < -0.3 is 15.2 Å². The molecule has 1 aromatic carbocycles. The Morgan fingerprint density at radius 2 is 1.75 bits per heavy atom. The largest absolute Gasteiger partial charge is 0.497 e. The molecule has 3 nitrogen and oxygen atoms in total. The molecular weight excluding hydrogens is 250 g/mol. The van der Waals surface area contributed by atoms with Gasteiger partial charge in [0.1, 0.15) is 5.75 Å². The van der Waals surface area contributed by atoms with Gasteiger partial charge in [-0.2, -0.15) is 0 Å². The highest BCUT2D eigenvalue weighted by atomic mass is 16.5. The number of hydrogen-bond donors (Lipinski definition) is 2. The molecule has 0 aliphatic heterocycles. The molecule has 0 aromatic heterocycles. The summed E-state index contributed by atoms with van der Waals surface area (Å²) in [7, 11) is 1.68. The average molecular weight is 279 g/mol. The fourth-order valence-corrected chi connectivity index (χ4v) is 2.51. The number of rotatable bonds is 9. The van der Waals surface area contributed by atoms with E-state index in [9.17, 15) is 5.11 Å². The van der Waals surface area contributed by atoms with E-state index in [0.717, 1.165) is 25.0 Å². The van der Waals surface area contributed by atoms with Crippen molar-refractivity contribution in [1.29, 1.82) is 0 Å². The van der Waals surface area contributed by atoms with Crippen molar-refractivity contribution in [1.82, 2.24) is 5.32 Å². The second-order valence-corrected chi connectivity index (χ2v) is 5.51. The van der Waals surface area contributed by atoms with E-state index in [2.05, 4.69) is 38.2 Å². The third kappa shape index (κ3) is 5.51. The maximum absolute atomic E-state index is 10.1. The van der Waals surface area contributed by atoms with Crippen LogP contribution in [0, 0.1) is 5.92 Å². The molecule has 2 N–H and O–H groups in total. The molecule has 0 saturated carbocycles. The van der Waals surface area contributed by atoms with Crippen molar-refractivity contribution >= 4 is 0 Å². The van der Waals surface area contributed by atoms with Gasteiger partial charge in [-0.1, -0.05) is 38.8 Å². The first kappa shape index (κ1) is 17.0. The summed E-state index contributed by atoms with van der Waals surface area (Å²) < 4.78 is 5.16. The Bertz CT molecular complexity index is 360. The standard InChI is InChI=1S/C17H29NO2/c1-5-15(6-2)17(19)12-18-13(3)11-14-7-9-16(20-4)10-8-14/h7-10,13,15,17-19H,5-6,11-12H2,1-4H3. The van der Waals surface area contributed by atoms with E-state index in [1.54, 1.807) is 7.11 Å². The molecule has 2 unspecified atom stereocenters. The van der Waals surface area contributed by atoms with Gasteiger partial charge in [-0.05, 0) is 37.0 Å². The maximum atomic E-state index is 10.1. The number of ether oxygens (including phenoxy) is 1. The van der Waals surface area contributed by atoms with Crippen molar-refractivity contribution in [3.05, 3.63) is 29.8 Å². The van der Waals surface area contributed by atoms with E-state index in [0.29, 0.717) is 18.5 Å². The van der Waals surface area contributed by atoms with Gasteiger partial charge in [-0.25, -0.2) is 0 Å². The maximum Gasteiger partial charge on any atom is 0.118 e. The zero-order chi connectivity index (χ0) is 15.0. The lowest BCUT2D eigenvalue weighted by atomic mass is 9.96. The van der Waals surface area contributed by atoms with Crippen molar-refractivity contribution in [3.63, 3.8) is 0 Å². The van der Waals surface area contributed by atoms with E-state index in [4.69, 9.17) is 4.74 Å². The van der Waals surface area contributed by atoms with Crippen molar-refractivity contribution in [2.45, 2.75) is 52.2 Å². The zero-order valence-corrected chi connectivity index (χ0v) is 13.2. The lowest BCUT2D eigenvalue weighted by Crippen LogP contribution is -2.38. The number of nitrogens with one attached hydrogen (secondary N) is 1. The Morgan fingerprint density at radius 1 is 1.15 bits per heavy atom. The van der Waals surface area contributed by atoms with Crippen LogP contribution in [0.1, 0.15) is 39.2 Å². The minimum Gasteiger partial charge on any atom is -0.497 e. The van der Waals surface area contributed by atoms with Gasteiger partial charge in [-0.3, -0.25) is 0 Å². The van der Waals surface area contributed by atoms with Crippen LogP contribution in [0.3, 0.4) is 0 Å². The Hall–Kier alpha value is -1.06. The number of aliphatic hydroxyl groups excluding tert-OH is 1. The lowest BCUT2D eigenvalue weighted by molar-refractivity contribution is 0.0988. The summed E-state index contributed by atoms with van der Waals surface area (Å²) in [5, 5.41) is 13.5. The van der Waals surface area contributed by atoms with Crippen LogP contribution in [-0.4, -0.2) is 30.9 Å². The Kier molecular flexibility index (Phi) is 7.63. The van der Waals surface area contributed by atoms with Crippen molar-refractivity contribution in [2.24, 2.45) is 5.92 Å². The predicted octanol–water partition coefficient (Wildman–Crippen LogP) is 3.01. The first-order valence-corrected chi connectivity index (χ1v) is 7.65. The van der Waals surface area contributed by atoms with E-state index in [-0.39, 0.29) is 6.10 Å². The third-order valence-electron chi connectivity index (χ3n) is 3.97. The summed E-state index contributed by atoms with van der Waals surface area (Å²) >= 11 is 0. The van der Waals surface area contributed by atoms with Gasteiger partial charge in [0.2, 0.25) is 0 Å². The van der Waals surface area contributed by atoms with E-state index >= 15 is 0 Å². The van der Waals surface area contributed by atoms with Crippen LogP contribution in [-0.2, 0) is 6.42 Å². The zero-order valence-electron chi connectivity index (χ0n) is 13.2. The average Bonchev–Trinajstić information content (AvgIpc) is 2.47. The number of hydrogen-bond acceptors (Lipinski definition) is 3. The summed E-state index contributed by atoms with van der Waals surface area (Å²) in [5.41, 5.74) is 1.28. The van der Waals surface area contributed by atoms with Crippen molar-refractivity contribution in [2.75, 3.05) is 13.7 Å². The first-order valence-electron chi connectivity index (χ1n) is 7.65. The Balaban J connectivity index is 2.37. The van der Waals surface area contributed by atoms with Crippen LogP contribution in [0.15, 0.2) is 24.3 Å². The first-order chi connectivity index (χ1) is 9.60. The van der Waals surface area contributed by atoms with E-state index < -0.39 is 0 Å². The highest BCUT2D eigenvalue weighted by molar-refractivity contribution is 5.27. The van der Waals surface area contributed by atoms with E-state index in [1.165, 1.54) is 5.56 Å². The third-order valence-corrected chi connectivity index (χ3v) is 3.97. The summed E-state index contributed by atoms with van der Waals surface area (Å²) in [5.74, 6) is 1.29. The second-order valence-electron chi connectivity index (χ2n) is 5.51. The van der Waals surface area contributed by atoms with Crippen molar-refractivity contribution in [3.8, 4) is 5.75 Å². The normalized spacial score (nSPS) is 14.3. The quantitative estimate of drug-likeness (QED) is 0.730. The molecule has 0 aliphatic rings. The SMILES string of the molecule is CCC(CC)C(O)CNC(C)Cc1ccc(OC)cc1.